The zero-order chi connectivity index (χ0) is 18.5. The average molecular weight is 364 g/mol. The average Bonchev–Trinajstić information content (AvgIpc) is 3.18. The van der Waals surface area contributed by atoms with Gasteiger partial charge in [0.05, 0.1) is 17.6 Å². The molecule has 0 saturated carbocycles. The zero-order valence-electron chi connectivity index (χ0n) is 16.2. The highest BCUT2D eigenvalue weighted by atomic mass is 16.6. The molecule has 146 valence electrons. The Labute approximate surface area is 156 Å². The van der Waals surface area contributed by atoms with Gasteiger partial charge in [-0.2, -0.15) is 0 Å². The first-order valence-electron chi connectivity index (χ1n) is 10.0. The van der Waals surface area contributed by atoms with E-state index in [1.807, 2.05) is 6.92 Å². The molecule has 0 aromatic rings. The SMILES string of the molecule is CC1=CCC[C@@]2(C)O[C@@H]2[C@H]2OC(=O)[C@@H](CN3CCN(C)CC3)[C@@H]2C[C@@H]1O. The molecule has 0 aromatic carbocycles. The van der Waals surface area contributed by atoms with Gasteiger partial charge in [-0.15, -0.1) is 0 Å². The number of aliphatic hydroxyl groups excluding tert-OH is 1. The van der Waals surface area contributed by atoms with E-state index in [9.17, 15) is 9.90 Å². The highest BCUT2D eigenvalue weighted by Crippen LogP contribution is 2.50. The van der Waals surface area contributed by atoms with Crippen LogP contribution >= 0.6 is 0 Å². The molecule has 4 aliphatic rings. The van der Waals surface area contributed by atoms with Crippen LogP contribution in [0.2, 0.25) is 0 Å². The van der Waals surface area contributed by atoms with Crippen LogP contribution in [0, 0.1) is 11.8 Å². The molecule has 6 nitrogen and oxygen atoms in total. The van der Waals surface area contributed by atoms with Gasteiger partial charge in [-0.05, 0) is 45.7 Å². The van der Waals surface area contributed by atoms with Crippen molar-refractivity contribution in [3.63, 3.8) is 0 Å². The first-order valence-corrected chi connectivity index (χ1v) is 10.0. The number of esters is 1. The van der Waals surface area contributed by atoms with Gasteiger partial charge in [0.2, 0.25) is 0 Å². The Balaban J connectivity index is 1.53. The molecule has 0 radical (unpaired) electrons. The second kappa shape index (κ2) is 6.89. The van der Waals surface area contributed by atoms with E-state index in [4.69, 9.17) is 9.47 Å². The smallest absolute Gasteiger partial charge is 0.311 e. The van der Waals surface area contributed by atoms with Crippen molar-refractivity contribution in [3.05, 3.63) is 11.6 Å². The minimum absolute atomic E-state index is 0.0189. The van der Waals surface area contributed by atoms with E-state index in [2.05, 4.69) is 29.8 Å². The third-order valence-electron chi connectivity index (χ3n) is 6.91. The molecule has 0 spiro atoms. The second-order valence-electron chi connectivity index (χ2n) is 8.87. The number of carbonyl (C=O) groups excluding carboxylic acids is 1. The first-order chi connectivity index (χ1) is 12.4. The van der Waals surface area contributed by atoms with Gasteiger partial charge in [-0.3, -0.25) is 9.69 Å². The van der Waals surface area contributed by atoms with E-state index in [0.29, 0.717) is 6.42 Å². The van der Waals surface area contributed by atoms with Crippen molar-refractivity contribution < 1.29 is 19.4 Å². The number of epoxide rings is 1. The van der Waals surface area contributed by atoms with Crippen molar-refractivity contribution in [1.82, 2.24) is 9.80 Å². The Morgan fingerprint density at radius 3 is 2.77 bits per heavy atom. The zero-order valence-corrected chi connectivity index (χ0v) is 16.2. The van der Waals surface area contributed by atoms with Gasteiger partial charge in [0.25, 0.3) is 0 Å². The Hall–Kier alpha value is -0.950. The van der Waals surface area contributed by atoms with E-state index in [1.165, 1.54) is 0 Å². The number of ether oxygens (including phenoxy) is 2. The number of allylic oxidation sites excluding steroid dienone is 1. The van der Waals surface area contributed by atoms with E-state index in [-0.39, 0.29) is 35.6 Å². The molecule has 6 atom stereocenters. The topological polar surface area (TPSA) is 65.5 Å². The van der Waals surface area contributed by atoms with Crippen LogP contribution in [0.3, 0.4) is 0 Å². The third-order valence-corrected chi connectivity index (χ3v) is 6.91. The van der Waals surface area contributed by atoms with Crippen LogP contribution in [0.15, 0.2) is 11.6 Å². The normalized spacial score (nSPS) is 44.7. The third kappa shape index (κ3) is 3.44. The number of likely N-dealkylation sites (N-methyl/N-ethyl adjacent to an activating group) is 1. The summed E-state index contributed by atoms with van der Waals surface area (Å²) in [5.41, 5.74) is 0.814. The summed E-state index contributed by atoms with van der Waals surface area (Å²) >= 11 is 0. The summed E-state index contributed by atoms with van der Waals surface area (Å²) in [6.07, 6.45) is 3.76. The number of carbonyl (C=O) groups is 1. The standard InChI is InChI=1S/C20H32N2O4/c1-13-5-4-6-20(2)18(26-20)17-14(11-16(13)23)15(19(24)25-17)12-22-9-7-21(3)8-10-22/h5,14-18,23H,4,6-12H2,1-3H3/t14-,15-,16-,17-,18+,20+/m0/s1. The van der Waals surface area contributed by atoms with Gasteiger partial charge >= 0.3 is 5.97 Å². The largest absolute Gasteiger partial charge is 0.459 e. The van der Waals surface area contributed by atoms with Crippen molar-refractivity contribution in [2.75, 3.05) is 39.8 Å². The van der Waals surface area contributed by atoms with E-state index in [1.54, 1.807) is 0 Å². The molecule has 6 heteroatoms. The van der Waals surface area contributed by atoms with Crippen molar-refractivity contribution in [2.45, 2.75) is 57.0 Å². The highest BCUT2D eigenvalue weighted by molar-refractivity contribution is 5.76. The number of hydrogen-bond acceptors (Lipinski definition) is 6. The van der Waals surface area contributed by atoms with Crippen molar-refractivity contribution in [2.24, 2.45) is 11.8 Å². The summed E-state index contributed by atoms with van der Waals surface area (Å²) < 4.78 is 11.9. The minimum atomic E-state index is -0.505. The van der Waals surface area contributed by atoms with Crippen LogP contribution in [0.5, 0.6) is 0 Å². The van der Waals surface area contributed by atoms with Crippen molar-refractivity contribution in [1.29, 1.82) is 0 Å². The highest BCUT2D eigenvalue weighted by Gasteiger charge is 2.63. The maximum absolute atomic E-state index is 12.7. The van der Waals surface area contributed by atoms with Crippen molar-refractivity contribution >= 4 is 5.97 Å². The van der Waals surface area contributed by atoms with E-state index >= 15 is 0 Å². The molecule has 0 aromatic heterocycles. The fraction of sp³-hybridized carbons (Fsp3) is 0.850. The van der Waals surface area contributed by atoms with E-state index < -0.39 is 6.10 Å². The number of piperazine rings is 1. The molecule has 4 rings (SSSR count). The molecule has 0 amide bonds. The molecular formula is C20H32N2O4. The summed E-state index contributed by atoms with van der Waals surface area (Å²) in [5.74, 6) is -0.256. The van der Waals surface area contributed by atoms with Gasteiger partial charge in [-0.1, -0.05) is 6.08 Å². The van der Waals surface area contributed by atoms with Gasteiger partial charge in [0.1, 0.15) is 12.2 Å². The summed E-state index contributed by atoms with van der Waals surface area (Å²) in [7, 11) is 2.13. The molecule has 3 fully saturated rings. The monoisotopic (exact) mass is 364 g/mol. The summed E-state index contributed by atoms with van der Waals surface area (Å²) in [5, 5.41) is 10.7. The van der Waals surface area contributed by atoms with Crippen LogP contribution in [0.1, 0.15) is 33.1 Å². The Kier molecular flexibility index (Phi) is 4.88. The maximum atomic E-state index is 12.7. The molecule has 26 heavy (non-hydrogen) atoms. The number of aliphatic hydroxyl groups is 1. The quantitative estimate of drug-likeness (QED) is 0.449. The number of hydrogen-bond donors (Lipinski definition) is 1. The Morgan fingerprint density at radius 2 is 2.04 bits per heavy atom. The van der Waals surface area contributed by atoms with E-state index in [0.717, 1.165) is 51.1 Å². The molecule has 0 unspecified atom stereocenters. The maximum Gasteiger partial charge on any atom is 0.311 e. The molecule has 1 aliphatic carbocycles. The lowest BCUT2D eigenvalue weighted by atomic mass is 9.79. The van der Waals surface area contributed by atoms with Crippen LogP contribution in [-0.4, -0.2) is 84.6 Å². The summed E-state index contributed by atoms with van der Waals surface area (Å²) in [6.45, 7) is 8.87. The Morgan fingerprint density at radius 1 is 1.31 bits per heavy atom. The fourth-order valence-corrected chi connectivity index (χ4v) is 4.85. The van der Waals surface area contributed by atoms with Gasteiger partial charge in [-0.25, -0.2) is 0 Å². The number of nitrogens with zero attached hydrogens (tertiary/aromatic N) is 2. The fourth-order valence-electron chi connectivity index (χ4n) is 4.85. The van der Waals surface area contributed by atoms with Gasteiger partial charge < -0.3 is 19.5 Å². The number of rotatable bonds is 2. The van der Waals surface area contributed by atoms with Crippen LogP contribution in [0.4, 0.5) is 0 Å². The molecule has 1 N–H and O–H groups in total. The van der Waals surface area contributed by atoms with Crippen LogP contribution in [0.25, 0.3) is 0 Å². The lowest BCUT2D eigenvalue weighted by Gasteiger charge is -2.34. The lowest BCUT2D eigenvalue weighted by Crippen LogP contribution is -2.47. The summed E-state index contributed by atoms with van der Waals surface area (Å²) in [6, 6.07) is 0. The molecular weight excluding hydrogens is 332 g/mol. The summed E-state index contributed by atoms with van der Waals surface area (Å²) in [4.78, 5) is 17.4. The second-order valence-corrected chi connectivity index (χ2v) is 8.87. The first kappa shape index (κ1) is 18.4. The minimum Gasteiger partial charge on any atom is -0.459 e. The molecule has 3 heterocycles. The molecule has 3 aliphatic heterocycles. The number of fused-ring (bicyclic) bond motifs is 3. The van der Waals surface area contributed by atoms with Crippen LogP contribution < -0.4 is 0 Å². The molecule has 0 bridgehead atoms. The molecule has 3 saturated heterocycles. The predicted molar refractivity (Wildman–Crippen MR) is 97.7 cm³/mol. The van der Waals surface area contributed by atoms with Crippen molar-refractivity contribution in [3.8, 4) is 0 Å². The Bertz CT molecular complexity index is 586. The predicted octanol–water partition coefficient (Wildman–Crippen LogP) is 1.04. The van der Waals surface area contributed by atoms with Gasteiger partial charge in [0.15, 0.2) is 0 Å². The van der Waals surface area contributed by atoms with Crippen LogP contribution in [-0.2, 0) is 14.3 Å². The van der Waals surface area contributed by atoms with Gasteiger partial charge in [0, 0.05) is 38.6 Å². The lowest BCUT2D eigenvalue weighted by molar-refractivity contribution is -0.145.